The first-order valence-corrected chi connectivity index (χ1v) is 4.82. The van der Waals surface area contributed by atoms with Gasteiger partial charge < -0.3 is 5.73 Å². The van der Waals surface area contributed by atoms with E-state index in [0.29, 0.717) is 0 Å². The van der Waals surface area contributed by atoms with Gasteiger partial charge in [-0.05, 0) is 18.2 Å². The number of benzene rings is 1. The lowest BCUT2D eigenvalue weighted by Crippen LogP contribution is -1.95. The molecular formula is C11H7ClF2N2. The van der Waals surface area contributed by atoms with Crippen LogP contribution in [0.1, 0.15) is 0 Å². The predicted molar refractivity (Wildman–Crippen MR) is 59.0 cm³/mol. The van der Waals surface area contributed by atoms with Crippen molar-refractivity contribution in [2.75, 3.05) is 5.73 Å². The Bertz CT molecular complexity index is 494. The van der Waals surface area contributed by atoms with Gasteiger partial charge in [-0.2, -0.15) is 0 Å². The van der Waals surface area contributed by atoms with Crippen LogP contribution in [0.25, 0.3) is 11.3 Å². The van der Waals surface area contributed by atoms with Gasteiger partial charge in [0, 0.05) is 16.7 Å². The lowest BCUT2D eigenvalue weighted by molar-refractivity contribution is 0.612. The van der Waals surface area contributed by atoms with Gasteiger partial charge >= 0.3 is 0 Å². The summed E-state index contributed by atoms with van der Waals surface area (Å²) >= 11 is 5.60. The van der Waals surface area contributed by atoms with Crippen LogP contribution in [0.3, 0.4) is 0 Å². The summed E-state index contributed by atoms with van der Waals surface area (Å²) in [6, 6.07) is 5.04. The van der Waals surface area contributed by atoms with Gasteiger partial charge in [0.15, 0.2) is 5.82 Å². The molecule has 0 radical (unpaired) electrons. The standard InChI is InChI=1S/C11H7ClF2N2/c12-6-1-2-8(9(13)3-6)11-10(14)4-7(15)5-16-11/h1-5H,15H2. The van der Waals surface area contributed by atoms with Crippen molar-refractivity contribution in [3.8, 4) is 11.3 Å². The molecule has 0 aliphatic heterocycles. The molecule has 2 rings (SSSR count). The minimum atomic E-state index is -0.666. The quantitative estimate of drug-likeness (QED) is 0.831. The molecule has 5 heteroatoms. The van der Waals surface area contributed by atoms with Crippen LogP contribution < -0.4 is 5.73 Å². The molecule has 82 valence electrons. The molecule has 0 amide bonds. The van der Waals surface area contributed by atoms with Crippen molar-refractivity contribution < 1.29 is 8.78 Å². The highest BCUT2D eigenvalue weighted by Crippen LogP contribution is 2.26. The normalized spacial score (nSPS) is 10.4. The Kier molecular flexibility index (Phi) is 2.75. The van der Waals surface area contributed by atoms with Crippen molar-refractivity contribution in [3.05, 3.63) is 47.1 Å². The highest BCUT2D eigenvalue weighted by atomic mass is 35.5. The Morgan fingerprint density at radius 1 is 1.12 bits per heavy atom. The highest BCUT2D eigenvalue weighted by molar-refractivity contribution is 6.30. The van der Waals surface area contributed by atoms with E-state index in [1.165, 1.54) is 18.3 Å². The molecule has 0 spiro atoms. The Morgan fingerprint density at radius 3 is 2.50 bits per heavy atom. The Morgan fingerprint density at radius 2 is 1.88 bits per heavy atom. The van der Waals surface area contributed by atoms with E-state index in [2.05, 4.69) is 4.98 Å². The van der Waals surface area contributed by atoms with Gasteiger partial charge in [-0.25, -0.2) is 8.78 Å². The smallest absolute Gasteiger partial charge is 0.151 e. The maximum absolute atomic E-state index is 13.5. The number of nitrogens with zero attached hydrogens (tertiary/aromatic N) is 1. The Labute approximate surface area is 95.7 Å². The number of nitrogen functional groups attached to an aromatic ring is 1. The molecule has 1 aromatic heterocycles. The fraction of sp³-hybridized carbons (Fsp3) is 0. The number of pyridine rings is 1. The average molecular weight is 241 g/mol. The van der Waals surface area contributed by atoms with E-state index in [0.717, 1.165) is 12.1 Å². The number of hydrogen-bond donors (Lipinski definition) is 1. The van der Waals surface area contributed by atoms with Crippen LogP contribution in [0.4, 0.5) is 14.5 Å². The molecule has 1 aromatic carbocycles. The van der Waals surface area contributed by atoms with Crippen molar-refractivity contribution in [1.29, 1.82) is 0 Å². The minimum absolute atomic E-state index is 0.0573. The van der Waals surface area contributed by atoms with Crippen LogP contribution in [0, 0.1) is 11.6 Å². The first-order valence-electron chi connectivity index (χ1n) is 4.44. The second-order valence-corrected chi connectivity index (χ2v) is 3.66. The molecule has 0 aliphatic rings. The summed E-state index contributed by atoms with van der Waals surface area (Å²) in [5.74, 6) is -1.29. The van der Waals surface area contributed by atoms with Crippen LogP contribution in [0.15, 0.2) is 30.5 Å². The first-order chi connectivity index (χ1) is 7.58. The van der Waals surface area contributed by atoms with Gasteiger partial charge in [-0.1, -0.05) is 11.6 Å². The topological polar surface area (TPSA) is 38.9 Å². The summed E-state index contributed by atoms with van der Waals surface area (Å²) in [6.07, 6.45) is 1.27. The van der Waals surface area contributed by atoms with Crippen molar-refractivity contribution >= 4 is 17.3 Å². The van der Waals surface area contributed by atoms with Gasteiger partial charge in [-0.15, -0.1) is 0 Å². The predicted octanol–water partition coefficient (Wildman–Crippen LogP) is 3.26. The van der Waals surface area contributed by atoms with Crippen molar-refractivity contribution in [2.45, 2.75) is 0 Å². The van der Waals surface area contributed by atoms with E-state index in [9.17, 15) is 8.78 Å². The molecule has 0 atom stereocenters. The SMILES string of the molecule is Nc1cnc(-c2ccc(Cl)cc2F)c(F)c1. The summed E-state index contributed by atoms with van der Waals surface area (Å²) < 4.78 is 27.0. The maximum atomic E-state index is 13.5. The lowest BCUT2D eigenvalue weighted by Gasteiger charge is -2.04. The minimum Gasteiger partial charge on any atom is -0.397 e. The zero-order valence-corrected chi connectivity index (χ0v) is 8.80. The number of nitrogens with two attached hydrogens (primary N) is 1. The van der Waals surface area contributed by atoms with Crippen molar-refractivity contribution in [2.24, 2.45) is 0 Å². The molecular weight excluding hydrogens is 234 g/mol. The summed E-state index contributed by atoms with van der Waals surface area (Å²) in [5.41, 5.74) is 5.52. The monoisotopic (exact) mass is 240 g/mol. The number of aromatic nitrogens is 1. The second kappa shape index (κ2) is 4.06. The van der Waals surface area contributed by atoms with Crippen LogP contribution in [-0.4, -0.2) is 4.98 Å². The molecule has 0 saturated heterocycles. The van der Waals surface area contributed by atoms with E-state index in [4.69, 9.17) is 17.3 Å². The van der Waals surface area contributed by atoms with E-state index >= 15 is 0 Å². The molecule has 2 aromatic rings. The summed E-state index contributed by atoms with van der Waals surface area (Å²) in [6.45, 7) is 0. The third-order valence-electron chi connectivity index (χ3n) is 2.05. The number of hydrogen-bond acceptors (Lipinski definition) is 2. The largest absolute Gasteiger partial charge is 0.397 e. The molecule has 0 saturated carbocycles. The van der Waals surface area contributed by atoms with Crippen LogP contribution in [0.5, 0.6) is 0 Å². The first kappa shape index (κ1) is 10.8. The summed E-state index contributed by atoms with van der Waals surface area (Å²) in [4.78, 5) is 3.76. The third kappa shape index (κ3) is 1.97. The molecule has 1 heterocycles. The zero-order chi connectivity index (χ0) is 11.7. The van der Waals surface area contributed by atoms with Gasteiger partial charge in [0.05, 0.1) is 11.9 Å². The molecule has 2 N–H and O–H groups in total. The van der Waals surface area contributed by atoms with Gasteiger partial charge in [0.25, 0.3) is 0 Å². The third-order valence-corrected chi connectivity index (χ3v) is 2.28. The number of halogens is 3. The fourth-order valence-corrected chi connectivity index (χ4v) is 1.49. The number of rotatable bonds is 1. The van der Waals surface area contributed by atoms with Gasteiger partial charge in [-0.3, -0.25) is 4.98 Å². The molecule has 0 fully saturated rings. The molecule has 0 aliphatic carbocycles. The van der Waals surface area contributed by atoms with E-state index in [1.54, 1.807) is 0 Å². The fourth-order valence-electron chi connectivity index (χ4n) is 1.33. The van der Waals surface area contributed by atoms with E-state index in [1.807, 2.05) is 0 Å². The van der Waals surface area contributed by atoms with Crippen LogP contribution in [-0.2, 0) is 0 Å². The number of anilines is 1. The molecule has 0 unspecified atom stereocenters. The van der Waals surface area contributed by atoms with E-state index < -0.39 is 11.6 Å². The lowest BCUT2D eigenvalue weighted by atomic mass is 10.1. The molecule has 16 heavy (non-hydrogen) atoms. The second-order valence-electron chi connectivity index (χ2n) is 3.22. The zero-order valence-electron chi connectivity index (χ0n) is 8.05. The summed E-state index contributed by atoms with van der Waals surface area (Å²) in [5, 5.41) is 0.247. The molecule has 0 bridgehead atoms. The average Bonchev–Trinajstić information content (AvgIpc) is 2.19. The van der Waals surface area contributed by atoms with E-state index in [-0.39, 0.29) is 22.0 Å². The Hall–Kier alpha value is -1.68. The van der Waals surface area contributed by atoms with Crippen LogP contribution >= 0.6 is 11.6 Å². The molecule has 2 nitrogen and oxygen atoms in total. The summed E-state index contributed by atoms with van der Waals surface area (Å²) in [7, 11) is 0. The van der Waals surface area contributed by atoms with Crippen LogP contribution in [0.2, 0.25) is 5.02 Å². The van der Waals surface area contributed by atoms with Gasteiger partial charge in [0.2, 0.25) is 0 Å². The maximum Gasteiger partial charge on any atom is 0.151 e. The Balaban J connectivity index is 2.59. The van der Waals surface area contributed by atoms with Gasteiger partial charge in [0.1, 0.15) is 11.5 Å². The highest BCUT2D eigenvalue weighted by Gasteiger charge is 2.12. The van der Waals surface area contributed by atoms with Crippen molar-refractivity contribution in [1.82, 2.24) is 4.98 Å². The van der Waals surface area contributed by atoms with Crippen molar-refractivity contribution in [3.63, 3.8) is 0 Å².